The van der Waals surface area contributed by atoms with Crippen LogP contribution in [0.4, 0.5) is 0 Å². The summed E-state index contributed by atoms with van der Waals surface area (Å²) in [6, 6.07) is -0.778. The van der Waals surface area contributed by atoms with Gasteiger partial charge in [0.05, 0.1) is 0 Å². The molecule has 0 aromatic rings. The normalized spacial score (nSPS) is 12.1. The smallest absolute Gasteiger partial charge is 0.326 e. The number of unbranched alkanes of at least 4 members (excludes halogenated alkanes) is 3. The Morgan fingerprint density at radius 1 is 1.17 bits per heavy atom. The van der Waals surface area contributed by atoms with E-state index in [-0.39, 0.29) is 5.91 Å². The zero-order chi connectivity index (χ0) is 13.8. The zero-order valence-corrected chi connectivity index (χ0v) is 12.2. The van der Waals surface area contributed by atoms with E-state index in [1.54, 1.807) is 0 Å². The van der Waals surface area contributed by atoms with E-state index in [1.807, 2.05) is 0 Å². The number of carboxylic acids is 1. The van der Waals surface area contributed by atoms with Crippen LogP contribution in [0.2, 0.25) is 0 Å². The molecule has 106 valence electrons. The largest absolute Gasteiger partial charge is 0.480 e. The summed E-state index contributed by atoms with van der Waals surface area (Å²) < 4.78 is 0. The molecule has 1 amide bonds. The van der Waals surface area contributed by atoms with Crippen molar-refractivity contribution in [3.05, 3.63) is 0 Å². The van der Waals surface area contributed by atoms with Crippen molar-refractivity contribution >= 4 is 27.8 Å². The standard InChI is InChI=1S/C12H23BrN2O3/c13-8-4-1-2-7-11(16)15-10(12(17)18)6-3-5-9-14/h10H,1-9,14H2,(H,15,16)(H,17,18)/t10-/m0/s1. The van der Waals surface area contributed by atoms with E-state index < -0.39 is 12.0 Å². The molecule has 4 N–H and O–H groups in total. The molecule has 0 aromatic heterocycles. The number of hydrogen-bond donors (Lipinski definition) is 3. The minimum absolute atomic E-state index is 0.176. The monoisotopic (exact) mass is 322 g/mol. The summed E-state index contributed by atoms with van der Waals surface area (Å²) in [5.41, 5.74) is 5.35. The average Bonchev–Trinajstić information content (AvgIpc) is 2.33. The number of carbonyl (C=O) groups is 2. The fourth-order valence-electron chi connectivity index (χ4n) is 1.57. The Bertz CT molecular complexity index is 249. The van der Waals surface area contributed by atoms with E-state index in [0.29, 0.717) is 19.4 Å². The maximum atomic E-state index is 11.5. The molecular formula is C12H23BrN2O3. The molecule has 0 fully saturated rings. The van der Waals surface area contributed by atoms with E-state index in [0.717, 1.165) is 37.4 Å². The number of nitrogens with two attached hydrogens (primary N) is 1. The zero-order valence-electron chi connectivity index (χ0n) is 10.7. The molecule has 0 aliphatic rings. The molecule has 1 atom stereocenters. The lowest BCUT2D eigenvalue weighted by Crippen LogP contribution is -2.40. The molecule has 0 aromatic carbocycles. The first-order chi connectivity index (χ1) is 8.61. The number of halogens is 1. The average molecular weight is 323 g/mol. The van der Waals surface area contributed by atoms with Gasteiger partial charge in [-0.15, -0.1) is 0 Å². The van der Waals surface area contributed by atoms with Gasteiger partial charge in [0.2, 0.25) is 5.91 Å². The highest BCUT2D eigenvalue weighted by Crippen LogP contribution is 2.04. The van der Waals surface area contributed by atoms with Gasteiger partial charge in [0.1, 0.15) is 6.04 Å². The molecule has 0 bridgehead atoms. The molecule has 18 heavy (non-hydrogen) atoms. The first-order valence-corrected chi connectivity index (χ1v) is 7.52. The number of nitrogens with one attached hydrogen (secondary N) is 1. The van der Waals surface area contributed by atoms with E-state index in [1.165, 1.54) is 0 Å². The third-order valence-electron chi connectivity index (χ3n) is 2.62. The lowest BCUT2D eigenvalue weighted by Gasteiger charge is -2.14. The van der Waals surface area contributed by atoms with Crippen molar-refractivity contribution in [2.75, 3.05) is 11.9 Å². The van der Waals surface area contributed by atoms with E-state index >= 15 is 0 Å². The third-order valence-corrected chi connectivity index (χ3v) is 3.18. The summed E-state index contributed by atoms with van der Waals surface area (Å²) in [6.45, 7) is 0.548. The maximum Gasteiger partial charge on any atom is 0.326 e. The van der Waals surface area contributed by atoms with Crippen LogP contribution in [0.3, 0.4) is 0 Å². The number of carboxylic acid groups (broad SMARTS) is 1. The van der Waals surface area contributed by atoms with Crippen molar-refractivity contribution in [1.82, 2.24) is 5.32 Å². The molecule has 6 heteroatoms. The Kier molecular flexibility index (Phi) is 11.1. The predicted octanol–water partition coefficient (Wildman–Crippen LogP) is 1.64. The molecule has 0 saturated heterocycles. The van der Waals surface area contributed by atoms with Crippen LogP contribution >= 0.6 is 15.9 Å². The molecule has 0 rings (SSSR count). The molecule has 0 heterocycles. The number of aliphatic carboxylic acids is 1. The maximum absolute atomic E-state index is 11.5. The Hall–Kier alpha value is -0.620. The lowest BCUT2D eigenvalue weighted by atomic mass is 10.1. The SMILES string of the molecule is NCCCC[C@H](NC(=O)CCCCCBr)C(=O)O. The summed E-state index contributed by atoms with van der Waals surface area (Å²) >= 11 is 3.32. The van der Waals surface area contributed by atoms with Crippen molar-refractivity contribution in [3.8, 4) is 0 Å². The fourth-order valence-corrected chi connectivity index (χ4v) is 1.97. The van der Waals surface area contributed by atoms with Gasteiger partial charge in [-0.05, 0) is 38.6 Å². The Morgan fingerprint density at radius 2 is 1.89 bits per heavy atom. The van der Waals surface area contributed by atoms with Gasteiger partial charge in [-0.1, -0.05) is 22.4 Å². The summed E-state index contributed by atoms with van der Waals surface area (Å²) in [4.78, 5) is 22.5. The molecule has 0 spiro atoms. The minimum Gasteiger partial charge on any atom is -0.480 e. The summed E-state index contributed by atoms with van der Waals surface area (Å²) in [6.07, 6.45) is 5.15. The first kappa shape index (κ1) is 17.4. The van der Waals surface area contributed by atoms with E-state index in [2.05, 4.69) is 21.2 Å². The van der Waals surface area contributed by atoms with Gasteiger partial charge in [-0.2, -0.15) is 0 Å². The number of amides is 1. The summed E-state index contributed by atoms with van der Waals surface area (Å²) in [5.74, 6) is -1.15. The Morgan fingerprint density at radius 3 is 2.44 bits per heavy atom. The van der Waals surface area contributed by atoms with Gasteiger partial charge in [0.15, 0.2) is 0 Å². The second kappa shape index (κ2) is 11.5. The number of hydrogen-bond acceptors (Lipinski definition) is 3. The van der Waals surface area contributed by atoms with Gasteiger partial charge in [0, 0.05) is 11.8 Å². The van der Waals surface area contributed by atoms with Crippen LogP contribution in [0.1, 0.15) is 44.9 Å². The molecular weight excluding hydrogens is 300 g/mol. The second-order valence-corrected chi connectivity index (χ2v) is 5.04. The number of alkyl halides is 1. The molecule has 5 nitrogen and oxygen atoms in total. The van der Waals surface area contributed by atoms with Crippen LogP contribution in [0.25, 0.3) is 0 Å². The van der Waals surface area contributed by atoms with Crippen molar-refractivity contribution in [2.24, 2.45) is 5.73 Å². The van der Waals surface area contributed by atoms with Crippen molar-refractivity contribution in [3.63, 3.8) is 0 Å². The summed E-state index contributed by atoms with van der Waals surface area (Å²) in [5, 5.41) is 12.5. The van der Waals surface area contributed by atoms with Gasteiger partial charge < -0.3 is 16.2 Å². The van der Waals surface area contributed by atoms with Gasteiger partial charge in [-0.3, -0.25) is 4.79 Å². The minimum atomic E-state index is -0.971. The highest BCUT2D eigenvalue weighted by Gasteiger charge is 2.18. The number of rotatable bonds is 11. The topological polar surface area (TPSA) is 92.4 Å². The van der Waals surface area contributed by atoms with Crippen LogP contribution < -0.4 is 11.1 Å². The van der Waals surface area contributed by atoms with Crippen LogP contribution in [0, 0.1) is 0 Å². The Labute approximate surface area is 117 Å². The van der Waals surface area contributed by atoms with Crippen LogP contribution in [-0.4, -0.2) is 34.9 Å². The second-order valence-electron chi connectivity index (χ2n) is 4.24. The van der Waals surface area contributed by atoms with Crippen LogP contribution in [0.15, 0.2) is 0 Å². The van der Waals surface area contributed by atoms with Crippen LogP contribution in [-0.2, 0) is 9.59 Å². The highest BCUT2D eigenvalue weighted by atomic mass is 79.9. The van der Waals surface area contributed by atoms with Gasteiger partial charge in [-0.25, -0.2) is 4.79 Å². The lowest BCUT2D eigenvalue weighted by molar-refractivity contribution is -0.142. The van der Waals surface area contributed by atoms with Crippen molar-refractivity contribution in [2.45, 2.75) is 51.0 Å². The molecule has 0 aliphatic carbocycles. The fraction of sp³-hybridized carbons (Fsp3) is 0.833. The van der Waals surface area contributed by atoms with Crippen LogP contribution in [0.5, 0.6) is 0 Å². The predicted molar refractivity (Wildman–Crippen MR) is 74.7 cm³/mol. The Balaban J connectivity index is 3.85. The molecule has 0 saturated carbocycles. The molecule has 0 radical (unpaired) electrons. The van der Waals surface area contributed by atoms with Crippen molar-refractivity contribution in [1.29, 1.82) is 0 Å². The van der Waals surface area contributed by atoms with Gasteiger partial charge in [0.25, 0.3) is 0 Å². The van der Waals surface area contributed by atoms with Gasteiger partial charge >= 0.3 is 5.97 Å². The highest BCUT2D eigenvalue weighted by molar-refractivity contribution is 9.09. The molecule has 0 aliphatic heterocycles. The quantitative estimate of drug-likeness (QED) is 0.398. The van der Waals surface area contributed by atoms with E-state index in [4.69, 9.17) is 10.8 Å². The summed E-state index contributed by atoms with van der Waals surface area (Å²) in [7, 11) is 0. The molecule has 0 unspecified atom stereocenters. The third kappa shape index (κ3) is 9.41. The van der Waals surface area contributed by atoms with E-state index in [9.17, 15) is 9.59 Å². The number of carbonyl (C=O) groups excluding carboxylic acids is 1. The first-order valence-electron chi connectivity index (χ1n) is 6.40. The van der Waals surface area contributed by atoms with Crippen molar-refractivity contribution < 1.29 is 14.7 Å².